The summed E-state index contributed by atoms with van der Waals surface area (Å²) in [7, 11) is 1.42. The van der Waals surface area contributed by atoms with Crippen LogP contribution in [-0.2, 0) is 14.3 Å². The first kappa shape index (κ1) is 12.5. The van der Waals surface area contributed by atoms with E-state index in [4.69, 9.17) is 4.74 Å². The topological polar surface area (TPSA) is 35.5 Å². The van der Waals surface area contributed by atoms with Gasteiger partial charge >= 0.3 is 5.97 Å². The zero-order valence-electron chi connectivity index (χ0n) is 9.67. The minimum absolute atomic E-state index is 0.142. The Morgan fingerprint density at radius 2 is 2.00 bits per heavy atom. The van der Waals surface area contributed by atoms with Gasteiger partial charge in [-0.05, 0) is 25.2 Å². The predicted molar refractivity (Wildman–Crippen MR) is 58.6 cm³/mol. The number of carbonyl (C=O) groups is 1. The maximum atomic E-state index is 10.8. The molecule has 0 unspecified atom stereocenters. The molecule has 1 saturated carbocycles. The molecule has 0 heterocycles. The van der Waals surface area contributed by atoms with Crippen molar-refractivity contribution in [3.8, 4) is 0 Å². The number of carbonyl (C=O) groups excluding carboxylic acids is 1. The summed E-state index contributed by atoms with van der Waals surface area (Å²) in [6.45, 7) is 1.56. The highest BCUT2D eigenvalue weighted by atomic mass is 16.5. The molecule has 0 atom stereocenters. The second-order valence-electron chi connectivity index (χ2n) is 4.26. The summed E-state index contributed by atoms with van der Waals surface area (Å²) in [6, 6.07) is 0. The Bertz CT molecular complexity index is 174. The summed E-state index contributed by atoms with van der Waals surface area (Å²) in [5, 5.41) is 0. The van der Waals surface area contributed by atoms with E-state index < -0.39 is 0 Å². The van der Waals surface area contributed by atoms with Gasteiger partial charge in [-0.1, -0.05) is 19.3 Å². The van der Waals surface area contributed by atoms with Crippen molar-refractivity contribution in [2.24, 2.45) is 5.92 Å². The van der Waals surface area contributed by atoms with Crippen molar-refractivity contribution in [3.63, 3.8) is 0 Å². The third-order valence-electron chi connectivity index (χ3n) is 2.98. The van der Waals surface area contributed by atoms with Crippen LogP contribution in [0.15, 0.2) is 0 Å². The third-order valence-corrected chi connectivity index (χ3v) is 2.98. The van der Waals surface area contributed by atoms with Crippen molar-refractivity contribution in [1.29, 1.82) is 0 Å². The molecular weight excluding hydrogens is 192 g/mol. The first-order chi connectivity index (χ1) is 7.33. The molecule has 0 bridgehead atoms. The largest absolute Gasteiger partial charge is 0.469 e. The molecule has 1 fully saturated rings. The molecule has 0 amide bonds. The van der Waals surface area contributed by atoms with E-state index in [2.05, 4.69) is 4.74 Å². The van der Waals surface area contributed by atoms with Gasteiger partial charge in [0.05, 0.1) is 7.11 Å². The molecule has 3 heteroatoms. The zero-order chi connectivity index (χ0) is 10.9. The Morgan fingerprint density at radius 3 is 2.67 bits per heavy atom. The van der Waals surface area contributed by atoms with Crippen LogP contribution < -0.4 is 0 Å². The number of hydrogen-bond donors (Lipinski definition) is 0. The summed E-state index contributed by atoms with van der Waals surface area (Å²) < 4.78 is 10.1. The molecule has 1 rings (SSSR count). The predicted octanol–water partition coefficient (Wildman–Crippen LogP) is 2.54. The molecule has 0 radical (unpaired) electrons. The van der Waals surface area contributed by atoms with E-state index in [9.17, 15) is 4.79 Å². The molecule has 0 aromatic carbocycles. The first-order valence-corrected chi connectivity index (χ1v) is 5.97. The van der Waals surface area contributed by atoms with Gasteiger partial charge in [0.1, 0.15) is 0 Å². The molecule has 1 aliphatic carbocycles. The average molecular weight is 214 g/mol. The van der Waals surface area contributed by atoms with Gasteiger partial charge in [0.2, 0.25) is 0 Å². The quantitative estimate of drug-likeness (QED) is 0.503. The number of methoxy groups -OCH3 is 1. The van der Waals surface area contributed by atoms with Gasteiger partial charge in [0.15, 0.2) is 0 Å². The monoisotopic (exact) mass is 214 g/mol. The summed E-state index contributed by atoms with van der Waals surface area (Å²) in [4.78, 5) is 10.8. The molecule has 0 saturated heterocycles. The van der Waals surface area contributed by atoms with Crippen LogP contribution in [0.25, 0.3) is 0 Å². The summed E-state index contributed by atoms with van der Waals surface area (Å²) in [5.41, 5.74) is 0. The lowest BCUT2D eigenvalue weighted by Crippen LogP contribution is -2.14. The lowest BCUT2D eigenvalue weighted by atomic mass is 9.90. The van der Waals surface area contributed by atoms with Crippen molar-refractivity contribution in [1.82, 2.24) is 0 Å². The lowest BCUT2D eigenvalue weighted by Gasteiger charge is -2.21. The van der Waals surface area contributed by atoms with Crippen LogP contribution in [-0.4, -0.2) is 26.3 Å². The normalized spacial score (nSPS) is 17.7. The molecule has 1 aliphatic rings. The average Bonchev–Trinajstić information content (AvgIpc) is 2.29. The molecule has 0 aliphatic heterocycles. The standard InChI is InChI=1S/C12H22O3/c1-14-12(13)8-5-9-15-10-11-6-3-2-4-7-11/h11H,2-10H2,1H3. The Labute approximate surface area is 92.1 Å². The number of rotatable bonds is 6. The molecule has 0 N–H and O–H groups in total. The Morgan fingerprint density at radius 1 is 1.27 bits per heavy atom. The first-order valence-electron chi connectivity index (χ1n) is 5.97. The fraction of sp³-hybridized carbons (Fsp3) is 0.917. The van der Waals surface area contributed by atoms with Crippen molar-refractivity contribution in [3.05, 3.63) is 0 Å². The lowest BCUT2D eigenvalue weighted by molar-refractivity contribution is -0.141. The van der Waals surface area contributed by atoms with E-state index in [-0.39, 0.29) is 5.97 Å². The van der Waals surface area contributed by atoms with Crippen LogP contribution in [0.2, 0.25) is 0 Å². The second kappa shape index (κ2) is 7.69. The Kier molecular flexibility index (Phi) is 6.41. The highest BCUT2D eigenvalue weighted by Gasteiger charge is 2.13. The highest BCUT2D eigenvalue weighted by molar-refractivity contribution is 5.68. The van der Waals surface area contributed by atoms with Crippen LogP contribution in [0, 0.1) is 5.92 Å². The number of esters is 1. The molecule has 0 aromatic heterocycles. The zero-order valence-corrected chi connectivity index (χ0v) is 9.67. The number of ether oxygens (including phenoxy) is 2. The van der Waals surface area contributed by atoms with Gasteiger partial charge in [0.25, 0.3) is 0 Å². The van der Waals surface area contributed by atoms with Gasteiger partial charge in [-0.2, -0.15) is 0 Å². The van der Waals surface area contributed by atoms with Gasteiger partial charge in [0, 0.05) is 19.6 Å². The minimum Gasteiger partial charge on any atom is -0.469 e. The fourth-order valence-electron chi connectivity index (χ4n) is 2.02. The maximum Gasteiger partial charge on any atom is 0.305 e. The highest BCUT2D eigenvalue weighted by Crippen LogP contribution is 2.23. The van der Waals surface area contributed by atoms with Gasteiger partial charge in [-0.25, -0.2) is 0 Å². The molecular formula is C12H22O3. The summed E-state index contributed by atoms with van der Waals surface area (Å²) in [5.74, 6) is 0.619. The van der Waals surface area contributed by atoms with E-state index in [1.54, 1.807) is 0 Å². The van der Waals surface area contributed by atoms with E-state index >= 15 is 0 Å². The third kappa shape index (κ3) is 5.78. The van der Waals surface area contributed by atoms with Crippen molar-refractivity contribution in [2.45, 2.75) is 44.9 Å². The molecule has 88 valence electrons. The fourth-order valence-corrected chi connectivity index (χ4v) is 2.02. The van der Waals surface area contributed by atoms with Gasteiger partial charge in [-0.3, -0.25) is 4.79 Å². The summed E-state index contributed by atoms with van der Waals surface area (Å²) in [6.07, 6.45) is 7.99. The molecule has 0 spiro atoms. The SMILES string of the molecule is COC(=O)CCCOCC1CCCCC1. The molecule has 15 heavy (non-hydrogen) atoms. The Hall–Kier alpha value is -0.570. The van der Waals surface area contributed by atoms with Crippen LogP contribution in [0.4, 0.5) is 0 Å². The van der Waals surface area contributed by atoms with E-state index in [0.29, 0.717) is 13.0 Å². The van der Waals surface area contributed by atoms with Crippen LogP contribution >= 0.6 is 0 Å². The van der Waals surface area contributed by atoms with Crippen LogP contribution in [0.5, 0.6) is 0 Å². The van der Waals surface area contributed by atoms with Crippen molar-refractivity contribution >= 4 is 5.97 Å². The minimum atomic E-state index is -0.142. The molecule has 0 aromatic rings. The van der Waals surface area contributed by atoms with Crippen LogP contribution in [0.3, 0.4) is 0 Å². The molecule has 3 nitrogen and oxygen atoms in total. The summed E-state index contributed by atoms with van der Waals surface area (Å²) >= 11 is 0. The van der Waals surface area contributed by atoms with E-state index in [1.807, 2.05) is 0 Å². The van der Waals surface area contributed by atoms with Crippen molar-refractivity contribution in [2.75, 3.05) is 20.3 Å². The maximum absolute atomic E-state index is 10.8. The smallest absolute Gasteiger partial charge is 0.305 e. The van der Waals surface area contributed by atoms with E-state index in [1.165, 1.54) is 39.2 Å². The van der Waals surface area contributed by atoms with Gasteiger partial charge < -0.3 is 9.47 Å². The van der Waals surface area contributed by atoms with Crippen LogP contribution in [0.1, 0.15) is 44.9 Å². The second-order valence-corrected chi connectivity index (χ2v) is 4.26. The van der Waals surface area contributed by atoms with Crippen molar-refractivity contribution < 1.29 is 14.3 Å². The number of hydrogen-bond acceptors (Lipinski definition) is 3. The van der Waals surface area contributed by atoms with Gasteiger partial charge in [-0.15, -0.1) is 0 Å². The Balaban J connectivity index is 1.89. The van der Waals surface area contributed by atoms with E-state index in [0.717, 1.165) is 18.9 Å².